The van der Waals surface area contributed by atoms with Crippen molar-refractivity contribution in [2.45, 2.75) is 25.3 Å². The average Bonchev–Trinajstić information content (AvgIpc) is 3.05. The second-order valence-electron chi connectivity index (χ2n) is 6.21. The van der Waals surface area contributed by atoms with Crippen LogP contribution in [0.15, 0.2) is 54.6 Å². The molecular weight excluding hydrogens is 289 g/mol. The fourth-order valence-corrected chi connectivity index (χ4v) is 3.83. The van der Waals surface area contributed by atoms with E-state index < -0.39 is 0 Å². The van der Waals surface area contributed by atoms with Crippen molar-refractivity contribution in [3.8, 4) is 5.75 Å². The first-order valence-electron chi connectivity index (χ1n) is 8.21. The molecule has 1 N–H and O–H groups in total. The lowest BCUT2D eigenvalue weighted by Gasteiger charge is -2.37. The molecule has 23 heavy (non-hydrogen) atoms. The van der Waals surface area contributed by atoms with Crippen LogP contribution in [-0.4, -0.2) is 6.61 Å². The van der Waals surface area contributed by atoms with Gasteiger partial charge < -0.3 is 10.1 Å². The molecule has 2 nitrogen and oxygen atoms in total. The zero-order valence-corrected chi connectivity index (χ0v) is 13.1. The quantitative estimate of drug-likeness (QED) is 0.801. The largest absolute Gasteiger partial charge is 0.494 e. The lowest BCUT2D eigenvalue weighted by atomic mass is 9.77. The minimum atomic E-state index is -0.163. The van der Waals surface area contributed by atoms with Crippen LogP contribution in [0.2, 0.25) is 0 Å². The topological polar surface area (TPSA) is 21.3 Å². The van der Waals surface area contributed by atoms with Crippen molar-refractivity contribution in [3.63, 3.8) is 0 Å². The van der Waals surface area contributed by atoms with Gasteiger partial charge in [0.25, 0.3) is 0 Å². The third kappa shape index (κ3) is 2.50. The maximum absolute atomic E-state index is 13.6. The van der Waals surface area contributed by atoms with Gasteiger partial charge in [-0.15, -0.1) is 0 Å². The summed E-state index contributed by atoms with van der Waals surface area (Å²) in [6, 6.07) is 13.6. The van der Waals surface area contributed by atoms with Gasteiger partial charge in [-0.05, 0) is 60.7 Å². The van der Waals surface area contributed by atoms with Gasteiger partial charge in [-0.2, -0.15) is 0 Å². The third-order valence-electron chi connectivity index (χ3n) is 4.88. The van der Waals surface area contributed by atoms with E-state index in [1.807, 2.05) is 25.1 Å². The van der Waals surface area contributed by atoms with Gasteiger partial charge in [-0.3, -0.25) is 0 Å². The SMILES string of the molecule is CCOc1ccc(C2Nc3ccc(F)cc3C3C=CCC32)cc1. The zero-order chi connectivity index (χ0) is 15.8. The average molecular weight is 309 g/mol. The first-order chi connectivity index (χ1) is 11.3. The summed E-state index contributed by atoms with van der Waals surface area (Å²) in [4.78, 5) is 0. The summed E-state index contributed by atoms with van der Waals surface area (Å²) < 4.78 is 19.2. The number of nitrogens with one attached hydrogen (secondary N) is 1. The number of anilines is 1. The molecule has 3 atom stereocenters. The minimum absolute atomic E-state index is 0.163. The Kier molecular flexibility index (Phi) is 3.56. The number of hydrogen-bond acceptors (Lipinski definition) is 2. The van der Waals surface area contributed by atoms with Crippen LogP contribution >= 0.6 is 0 Å². The Morgan fingerprint density at radius 1 is 1.17 bits per heavy atom. The van der Waals surface area contributed by atoms with Crippen molar-refractivity contribution >= 4 is 5.69 Å². The lowest BCUT2D eigenvalue weighted by molar-refractivity contribution is 0.340. The van der Waals surface area contributed by atoms with Crippen LogP contribution in [0.4, 0.5) is 10.1 Å². The maximum Gasteiger partial charge on any atom is 0.123 e. The normalized spacial score (nSPS) is 24.7. The summed E-state index contributed by atoms with van der Waals surface area (Å²) in [6.45, 7) is 2.66. The number of allylic oxidation sites excluding steroid dienone is 2. The molecule has 3 unspecified atom stereocenters. The molecule has 3 heteroatoms. The lowest BCUT2D eigenvalue weighted by Crippen LogP contribution is -2.29. The van der Waals surface area contributed by atoms with Crippen molar-refractivity contribution in [1.29, 1.82) is 0 Å². The highest BCUT2D eigenvalue weighted by Gasteiger charge is 2.37. The fraction of sp³-hybridized carbons (Fsp3) is 0.300. The molecule has 0 saturated heterocycles. The molecule has 0 fully saturated rings. The molecule has 1 heterocycles. The number of rotatable bonds is 3. The molecule has 0 amide bonds. The van der Waals surface area contributed by atoms with Crippen molar-refractivity contribution in [2.75, 3.05) is 11.9 Å². The van der Waals surface area contributed by atoms with Gasteiger partial charge in [0, 0.05) is 11.6 Å². The smallest absolute Gasteiger partial charge is 0.123 e. The molecular formula is C20H20FNO. The monoisotopic (exact) mass is 309 g/mol. The van der Waals surface area contributed by atoms with Gasteiger partial charge in [0.1, 0.15) is 11.6 Å². The number of ether oxygens (including phenoxy) is 1. The molecule has 0 aromatic heterocycles. The summed E-state index contributed by atoms with van der Waals surface area (Å²) in [5.41, 5.74) is 3.37. The van der Waals surface area contributed by atoms with E-state index in [1.54, 1.807) is 6.07 Å². The van der Waals surface area contributed by atoms with Crippen molar-refractivity contribution in [1.82, 2.24) is 0 Å². The van der Waals surface area contributed by atoms with Crippen LogP contribution in [0, 0.1) is 11.7 Å². The van der Waals surface area contributed by atoms with E-state index in [0.717, 1.165) is 23.4 Å². The van der Waals surface area contributed by atoms with Crippen LogP contribution in [-0.2, 0) is 0 Å². The highest BCUT2D eigenvalue weighted by molar-refractivity contribution is 5.59. The highest BCUT2D eigenvalue weighted by Crippen LogP contribution is 2.49. The predicted molar refractivity (Wildman–Crippen MR) is 90.4 cm³/mol. The Morgan fingerprint density at radius 2 is 2.00 bits per heavy atom. The Hall–Kier alpha value is -2.29. The molecule has 1 aliphatic carbocycles. The second kappa shape index (κ2) is 5.73. The van der Waals surface area contributed by atoms with Crippen molar-refractivity contribution < 1.29 is 9.13 Å². The predicted octanol–water partition coefficient (Wildman–Crippen LogP) is 5.05. The van der Waals surface area contributed by atoms with Gasteiger partial charge in [-0.25, -0.2) is 4.39 Å². The summed E-state index contributed by atoms with van der Waals surface area (Å²) in [6.07, 6.45) is 5.47. The number of fused-ring (bicyclic) bond motifs is 3. The van der Waals surface area contributed by atoms with E-state index in [-0.39, 0.29) is 11.9 Å². The van der Waals surface area contributed by atoms with Crippen LogP contribution in [0.5, 0.6) is 5.75 Å². The summed E-state index contributed by atoms with van der Waals surface area (Å²) >= 11 is 0. The Labute approximate surface area is 136 Å². The van der Waals surface area contributed by atoms with Crippen molar-refractivity contribution in [3.05, 3.63) is 71.6 Å². The van der Waals surface area contributed by atoms with Gasteiger partial charge >= 0.3 is 0 Å². The number of halogens is 1. The molecule has 0 radical (unpaired) electrons. The van der Waals surface area contributed by atoms with Gasteiger partial charge in [-0.1, -0.05) is 24.3 Å². The maximum atomic E-state index is 13.6. The third-order valence-corrected chi connectivity index (χ3v) is 4.88. The van der Waals surface area contributed by atoms with Crippen LogP contribution in [0.3, 0.4) is 0 Å². The first-order valence-corrected chi connectivity index (χ1v) is 8.21. The van der Waals surface area contributed by atoms with E-state index in [4.69, 9.17) is 4.74 Å². The van der Waals surface area contributed by atoms with E-state index >= 15 is 0 Å². The zero-order valence-electron chi connectivity index (χ0n) is 13.1. The summed E-state index contributed by atoms with van der Waals surface area (Å²) in [5.74, 6) is 1.46. The Bertz CT molecular complexity index is 738. The van der Waals surface area contributed by atoms with E-state index in [1.165, 1.54) is 11.6 Å². The molecule has 118 valence electrons. The molecule has 0 bridgehead atoms. The van der Waals surface area contributed by atoms with Gasteiger partial charge in [0.15, 0.2) is 0 Å². The van der Waals surface area contributed by atoms with Crippen LogP contribution < -0.4 is 10.1 Å². The fourth-order valence-electron chi connectivity index (χ4n) is 3.83. The summed E-state index contributed by atoms with van der Waals surface area (Å²) in [7, 11) is 0. The molecule has 0 saturated carbocycles. The minimum Gasteiger partial charge on any atom is -0.494 e. The van der Waals surface area contributed by atoms with Gasteiger partial charge in [0.05, 0.1) is 12.6 Å². The first kappa shape index (κ1) is 14.3. The molecule has 2 aromatic rings. The molecule has 4 rings (SSSR count). The Morgan fingerprint density at radius 3 is 2.78 bits per heavy atom. The molecule has 2 aliphatic rings. The van der Waals surface area contributed by atoms with Gasteiger partial charge in [0.2, 0.25) is 0 Å². The molecule has 1 aliphatic heterocycles. The molecule has 0 spiro atoms. The summed E-state index contributed by atoms with van der Waals surface area (Å²) in [5, 5.41) is 3.62. The second-order valence-corrected chi connectivity index (χ2v) is 6.21. The van der Waals surface area contributed by atoms with Crippen LogP contribution in [0.25, 0.3) is 0 Å². The number of hydrogen-bond donors (Lipinski definition) is 1. The molecule has 2 aromatic carbocycles. The van der Waals surface area contributed by atoms with Crippen molar-refractivity contribution in [2.24, 2.45) is 5.92 Å². The van der Waals surface area contributed by atoms with E-state index in [9.17, 15) is 4.39 Å². The Balaban J connectivity index is 1.69. The van der Waals surface area contributed by atoms with E-state index in [2.05, 4.69) is 29.6 Å². The van der Waals surface area contributed by atoms with E-state index in [0.29, 0.717) is 18.4 Å². The highest BCUT2D eigenvalue weighted by atomic mass is 19.1. The van der Waals surface area contributed by atoms with Crippen LogP contribution in [0.1, 0.15) is 36.4 Å². The standard InChI is InChI=1S/C20H20FNO/c1-2-23-15-9-6-13(7-10-15)20-17-5-3-4-16(17)18-12-14(21)8-11-19(18)22-20/h3-4,6-12,16-17,20,22H,2,5H2,1H3. The number of benzene rings is 2.